The summed E-state index contributed by atoms with van der Waals surface area (Å²) in [5, 5.41) is 15.0. The number of rotatable bonds is 6. The molecule has 0 spiro atoms. The number of nitrogens with one attached hydrogen (secondary N) is 1. The highest BCUT2D eigenvalue weighted by atomic mass is 35.5. The van der Waals surface area contributed by atoms with Crippen molar-refractivity contribution >= 4 is 27.5 Å². The first kappa shape index (κ1) is 25.4. The summed E-state index contributed by atoms with van der Waals surface area (Å²) in [5.74, 6) is -1.10. The lowest BCUT2D eigenvalue weighted by molar-refractivity contribution is -0.120. The van der Waals surface area contributed by atoms with Gasteiger partial charge in [0.15, 0.2) is 0 Å². The van der Waals surface area contributed by atoms with Crippen molar-refractivity contribution in [3.8, 4) is 0 Å². The van der Waals surface area contributed by atoms with Crippen molar-refractivity contribution in [3.63, 3.8) is 0 Å². The molecule has 0 aromatic heterocycles. The minimum Gasteiger partial charge on any atom is -0.391 e. The fourth-order valence-electron chi connectivity index (χ4n) is 4.87. The van der Waals surface area contributed by atoms with E-state index in [-0.39, 0.29) is 23.9 Å². The van der Waals surface area contributed by atoms with Crippen molar-refractivity contribution in [2.45, 2.75) is 36.8 Å². The Bertz CT molecular complexity index is 1260. The molecule has 8 heteroatoms. The van der Waals surface area contributed by atoms with E-state index in [1.54, 1.807) is 36.4 Å². The zero-order chi connectivity index (χ0) is 25.2. The normalized spacial score (nSPS) is 21.9. The van der Waals surface area contributed by atoms with Crippen molar-refractivity contribution in [1.82, 2.24) is 9.62 Å². The van der Waals surface area contributed by atoms with Gasteiger partial charge in [-0.15, -0.1) is 0 Å². The summed E-state index contributed by atoms with van der Waals surface area (Å²) < 4.78 is 28.5. The molecule has 4 atom stereocenters. The number of benzene rings is 3. The lowest BCUT2D eigenvalue weighted by Gasteiger charge is -2.44. The van der Waals surface area contributed by atoms with Crippen molar-refractivity contribution in [2.75, 3.05) is 13.1 Å². The van der Waals surface area contributed by atoms with Crippen molar-refractivity contribution in [3.05, 3.63) is 101 Å². The Kier molecular flexibility index (Phi) is 7.62. The van der Waals surface area contributed by atoms with Crippen LogP contribution < -0.4 is 5.32 Å². The van der Waals surface area contributed by atoms with Gasteiger partial charge in [0.05, 0.1) is 17.0 Å². The van der Waals surface area contributed by atoms with E-state index in [1.165, 1.54) is 11.2 Å². The molecule has 1 aliphatic rings. The molecular weight excluding hydrogens is 484 g/mol. The van der Waals surface area contributed by atoms with E-state index in [0.717, 1.165) is 16.7 Å². The first-order valence-electron chi connectivity index (χ1n) is 11.5. The number of β-amino-alcohol motifs (C(OH)–C–C–N with tert-alkyl or cyclic N) is 1. The van der Waals surface area contributed by atoms with Gasteiger partial charge in [-0.25, -0.2) is 8.42 Å². The molecule has 1 unspecified atom stereocenters. The maximum absolute atomic E-state index is 13.6. The second-order valence-electron chi connectivity index (χ2n) is 9.03. The van der Waals surface area contributed by atoms with Gasteiger partial charge in [0.2, 0.25) is 15.9 Å². The molecule has 1 aliphatic heterocycles. The number of aliphatic hydroxyl groups excluding tert-OH is 1. The molecule has 3 aromatic rings. The fourth-order valence-corrected chi connectivity index (χ4v) is 6.49. The van der Waals surface area contributed by atoms with E-state index in [0.29, 0.717) is 5.02 Å². The van der Waals surface area contributed by atoms with Crippen LogP contribution in [-0.2, 0) is 14.8 Å². The molecule has 1 saturated heterocycles. The summed E-state index contributed by atoms with van der Waals surface area (Å²) in [7, 11) is -3.86. The number of hydrogen-bond donors (Lipinski definition) is 2. The van der Waals surface area contributed by atoms with Crippen LogP contribution in [0.3, 0.4) is 0 Å². The molecule has 2 N–H and O–H groups in total. The number of sulfonamides is 1. The maximum atomic E-state index is 13.6. The van der Waals surface area contributed by atoms with Crippen LogP contribution in [0.5, 0.6) is 0 Å². The zero-order valence-electron chi connectivity index (χ0n) is 19.6. The quantitative estimate of drug-likeness (QED) is 0.516. The van der Waals surface area contributed by atoms with Gasteiger partial charge >= 0.3 is 0 Å². The summed E-state index contributed by atoms with van der Waals surface area (Å²) in [4.78, 5) is 12.4. The lowest BCUT2D eigenvalue weighted by Crippen LogP contribution is -2.53. The van der Waals surface area contributed by atoms with Crippen molar-refractivity contribution < 1.29 is 18.3 Å². The Labute approximate surface area is 211 Å². The highest BCUT2D eigenvalue weighted by Crippen LogP contribution is 2.42. The van der Waals surface area contributed by atoms with E-state index in [2.05, 4.69) is 5.32 Å². The summed E-state index contributed by atoms with van der Waals surface area (Å²) in [5.41, 5.74) is 2.64. The molecule has 6 nitrogen and oxygen atoms in total. The van der Waals surface area contributed by atoms with E-state index >= 15 is 0 Å². The van der Waals surface area contributed by atoms with Crippen LogP contribution in [0.25, 0.3) is 0 Å². The van der Waals surface area contributed by atoms with Crippen LogP contribution in [0, 0.1) is 12.8 Å². The van der Waals surface area contributed by atoms with Crippen LogP contribution in [0.4, 0.5) is 0 Å². The topological polar surface area (TPSA) is 86.7 Å². The highest BCUT2D eigenvalue weighted by Gasteiger charge is 2.45. The van der Waals surface area contributed by atoms with E-state index in [1.807, 2.05) is 49.4 Å². The number of hydrogen-bond acceptors (Lipinski definition) is 4. The van der Waals surface area contributed by atoms with Crippen molar-refractivity contribution in [2.24, 2.45) is 5.92 Å². The number of halogens is 1. The highest BCUT2D eigenvalue weighted by molar-refractivity contribution is 7.89. The van der Waals surface area contributed by atoms with Gasteiger partial charge in [-0.05, 0) is 42.3 Å². The average molecular weight is 513 g/mol. The Balaban J connectivity index is 1.79. The van der Waals surface area contributed by atoms with Gasteiger partial charge in [0, 0.05) is 36.9 Å². The standard InChI is InChI=1S/C27H29ClN2O4S/c1-18-8-14-23(15-9-18)35(33,34)30-16-24(27(29-19(2)31)21-6-4-3-5-7-21)26(25(32)17-30)20-10-12-22(28)13-11-20/h3-15,24-27,32H,16-17H2,1-2H3,(H,29,31)/t24?,25-,26-,27+/m0/s1. The first-order valence-corrected chi connectivity index (χ1v) is 13.3. The van der Waals surface area contributed by atoms with Crippen molar-refractivity contribution in [1.29, 1.82) is 0 Å². The number of aliphatic hydroxyl groups is 1. The third-order valence-electron chi connectivity index (χ3n) is 6.54. The molecule has 184 valence electrons. The number of nitrogens with zero attached hydrogens (tertiary/aromatic N) is 1. The number of amides is 1. The van der Waals surface area contributed by atoms with Crippen LogP contribution >= 0.6 is 11.6 Å². The van der Waals surface area contributed by atoms with Gasteiger partial charge in [0.25, 0.3) is 0 Å². The lowest BCUT2D eigenvalue weighted by atomic mass is 9.74. The molecular formula is C27H29ClN2O4S. The third-order valence-corrected chi connectivity index (χ3v) is 8.64. The fraction of sp³-hybridized carbons (Fsp3) is 0.296. The summed E-state index contributed by atoms with van der Waals surface area (Å²) in [6.45, 7) is 3.40. The predicted molar refractivity (Wildman–Crippen MR) is 137 cm³/mol. The minimum atomic E-state index is -3.86. The molecule has 3 aromatic carbocycles. The molecule has 4 rings (SSSR count). The second-order valence-corrected chi connectivity index (χ2v) is 11.4. The minimum absolute atomic E-state index is 0.0540. The largest absolute Gasteiger partial charge is 0.391 e. The molecule has 35 heavy (non-hydrogen) atoms. The van der Waals surface area contributed by atoms with E-state index in [9.17, 15) is 18.3 Å². The number of aryl methyl sites for hydroxylation is 1. The summed E-state index contributed by atoms with van der Waals surface area (Å²) >= 11 is 6.11. The summed E-state index contributed by atoms with van der Waals surface area (Å²) in [6, 6.07) is 22.8. The molecule has 1 fully saturated rings. The smallest absolute Gasteiger partial charge is 0.243 e. The molecule has 0 aliphatic carbocycles. The van der Waals surface area contributed by atoms with Crippen LogP contribution in [0.1, 0.15) is 35.6 Å². The number of carbonyl (C=O) groups is 1. The number of carbonyl (C=O) groups excluding carboxylic acids is 1. The summed E-state index contributed by atoms with van der Waals surface area (Å²) in [6.07, 6.45) is -0.991. The number of piperidine rings is 1. The molecule has 1 amide bonds. The maximum Gasteiger partial charge on any atom is 0.243 e. The van der Waals surface area contributed by atoms with Crippen LogP contribution in [-0.4, -0.2) is 42.9 Å². The van der Waals surface area contributed by atoms with Gasteiger partial charge in [-0.1, -0.05) is 71.8 Å². The van der Waals surface area contributed by atoms with Gasteiger partial charge in [-0.2, -0.15) is 4.31 Å². The monoisotopic (exact) mass is 512 g/mol. The Morgan fingerprint density at radius 2 is 1.63 bits per heavy atom. The van der Waals surface area contributed by atoms with Crippen LogP contribution in [0.15, 0.2) is 83.8 Å². The molecule has 0 radical (unpaired) electrons. The molecule has 0 bridgehead atoms. The average Bonchev–Trinajstić information content (AvgIpc) is 2.83. The van der Waals surface area contributed by atoms with Crippen LogP contribution in [0.2, 0.25) is 5.02 Å². The van der Waals surface area contributed by atoms with Gasteiger partial charge in [-0.3, -0.25) is 4.79 Å². The Morgan fingerprint density at radius 1 is 1.00 bits per heavy atom. The van der Waals surface area contributed by atoms with Gasteiger partial charge < -0.3 is 10.4 Å². The van der Waals surface area contributed by atoms with E-state index in [4.69, 9.17) is 11.6 Å². The third kappa shape index (κ3) is 5.59. The van der Waals surface area contributed by atoms with Gasteiger partial charge in [0.1, 0.15) is 0 Å². The SMILES string of the molecule is CC(=O)N[C@H](c1ccccc1)C1CN(S(=O)(=O)c2ccc(C)cc2)C[C@H](O)[C@H]1c1ccc(Cl)cc1. The Hall–Kier alpha value is -2.71. The zero-order valence-corrected chi connectivity index (χ0v) is 21.2. The molecule has 0 saturated carbocycles. The first-order chi connectivity index (χ1) is 16.7. The Morgan fingerprint density at radius 3 is 2.23 bits per heavy atom. The van der Waals surface area contributed by atoms with E-state index < -0.39 is 34.0 Å². The molecule has 1 heterocycles. The predicted octanol–water partition coefficient (Wildman–Crippen LogP) is 4.29. The second kappa shape index (κ2) is 10.5.